The van der Waals surface area contributed by atoms with Crippen LogP contribution in [0.3, 0.4) is 0 Å². The van der Waals surface area contributed by atoms with Gasteiger partial charge in [-0.15, -0.1) is 11.8 Å². The van der Waals surface area contributed by atoms with Crippen LogP contribution < -0.4 is 4.90 Å². The molecule has 90 valence electrons. The summed E-state index contributed by atoms with van der Waals surface area (Å²) in [7, 11) is 0. The van der Waals surface area contributed by atoms with Crippen molar-refractivity contribution in [1.82, 2.24) is 0 Å². The van der Waals surface area contributed by atoms with Crippen LogP contribution in [0.15, 0.2) is 29.2 Å². The number of piperidine rings is 1. The highest BCUT2D eigenvalue weighted by atomic mass is 32.2. The predicted molar refractivity (Wildman–Crippen MR) is 71.8 cm³/mol. The van der Waals surface area contributed by atoms with E-state index in [-0.39, 0.29) is 0 Å². The maximum atomic E-state index is 11.6. The second kappa shape index (κ2) is 4.37. The van der Waals surface area contributed by atoms with Gasteiger partial charge in [-0.3, -0.25) is 4.79 Å². The SMILES string of the molecule is CSc1ccccc1N1C2CCC1CC(=O)C2. The van der Waals surface area contributed by atoms with Gasteiger partial charge in [0.25, 0.3) is 0 Å². The fourth-order valence-corrected chi connectivity index (χ4v) is 3.80. The number of benzene rings is 1. The summed E-state index contributed by atoms with van der Waals surface area (Å²) in [5.74, 6) is 0.454. The lowest BCUT2D eigenvalue weighted by Gasteiger charge is -2.37. The monoisotopic (exact) mass is 247 g/mol. The fourth-order valence-electron chi connectivity index (χ4n) is 3.21. The van der Waals surface area contributed by atoms with Crippen molar-refractivity contribution in [2.24, 2.45) is 0 Å². The van der Waals surface area contributed by atoms with Gasteiger partial charge in [0, 0.05) is 29.8 Å². The maximum Gasteiger partial charge on any atom is 0.137 e. The zero-order valence-corrected chi connectivity index (χ0v) is 10.9. The summed E-state index contributed by atoms with van der Waals surface area (Å²) in [6, 6.07) is 9.48. The first-order chi connectivity index (χ1) is 8.29. The molecule has 0 saturated carbocycles. The van der Waals surface area contributed by atoms with Crippen molar-refractivity contribution >= 4 is 23.2 Å². The molecule has 2 unspecified atom stereocenters. The third-order valence-corrected chi connectivity index (χ3v) is 4.69. The molecule has 2 aliphatic heterocycles. The van der Waals surface area contributed by atoms with E-state index in [1.165, 1.54) is 23.4 Å². The number of carbonyl (C=O) groups is 1. The van der Waals surface area contributed by atoms with E-state index in [0.29, 0.717) is 17.9 Å². The summed E-state index contributed by atoms with van der Waals surface area (Å²) in [6.45, 7) is 0. The summed E-state index contributed by atoms with van der Waals surface area (Å²) in [5, 5.41) is 0. The smallest absolute Gasteiger partial charge is 0.137 e. The Hall–Kier alpha value is -0.960. The van der Waals surface area contributed by atoms with Crippen molar-refractivity contribution in [2.75, 3.05) is 11.2 Å². The van der Waals surface area contributed by atoms with Gasteiger partial charge >= 0.3 is 0 Å². The first-order valence-electron chi connectivity index (χ1n) is 6.22. The van der Waals surface area contributed by atoms with Gasteiger partial charge in [0.05, 0.1) is 5.69 Å². The molecule has 0 aromatic heterocycles. The van der Waals surface area contributed by atoms with Gasteiger partial charge in [-0.05, 0) is 31.2 Å². The largest absolute Gasteiger partial charge is 0.364 e. The number of ketones is 1. The highest BCUT2D eigenvalue weighted by Crippen LogP contribution is 2.41. The van der Waals surface area contributed by atoms with Crippen LogP contribution in [-0.2, 0) is 4.79 Å². The molecule has 1 aromatic rings. The molecule has 2 bridgehead atoms. The number of anilines is 1. The Kier molecular flexibility index (Phi) is 2.87. The van der Waals surface area contributed by atoms with Crippen molar-refractivity contribution in [3.8, 4) is 0 Å². The minimum Gasteiger partial charge on any atom is -0.364 e. The molecule has 2 atom stereocenters. The average molecular weight is 247 g/mol. The normalized spacial score (nSPS) is 27.6. The Morgan fingerprint density at radius 1 is 1.18 bits per heavy atom. The molecule has 0 radical (unpaired) electrons. The molecule has 3 heteroatoms. The Labute approximate surface area is 106 Å². The van der Waals surface area contributed by atoms with Crippen molar-refractivity contribution in [1.29, 1.82) is 0 Å². The Bertz CT molecular complexity index is 430. The van der Waals surface area contributed by atoms with Gasteiger partial charge in [0.1, 0.15) is 5.78 Å². The van der Waals surface area contributed by atoms with Crippen LogP contribution in [0.2, 0.25) is 0 Å². The van der Waals surface area contributed by atoms with Gasteiger partial charge in [-0.1, -0.05) is 12.1 Å². The fraction of sp³-hybridized carbons (Fsp3) is 0.500. The first kappa shape index (κ1) is 11.1. The minimum atomic E-state index is 0.453. The van der Waals surface area contributed by atoms with Gasteiger partial charge in [-0.25, -0.2) is 0 Å². The minimum absolute atomic E-state index is 0.453. The van der Waals surface area contributed by atoms with Crippen LogP contribution in [0.25, 0.3) is 0 Å². The molecule has 17 heavy (non-hydrogen) atoms. The molecule has 1 aromatic carbocycles. The van der Waals surface area contributed by atoms with Crippen LogP contribution in [0, 0.1) is 0 Å². The maximum absolute atomic E-state index is 11.6. The van der Waals surface area contributed by atoms with E-state index in [2.05, 4.69) is 35.4 Å². The Morgan fingerprint density at radius 3 is 2.47 bits per heavy atom. The Balaban J connectivity index is 1.97. The van der Waals surface area contributed by atoms with Gasteiger partial charge < -0.3 is 4.90 Å². The molecule has 0 aliphatic carbocycles. The predicted octanol–water partition coefficient (Wildman–Crippen LogP) is 3.11. The van der Waals surface area contributed by atoms with E-state index in [1.807, 2.05) is 0 Å². The summed E-state index contributed by atoms with van der Waals surface area (Å²) in [4.78, 5) is 15.5. The molecular formula is C14H17NOS. The second-order valence-electron chi connectivity index (χ2n) is 4.91. The highest BCUT2D eigenvalue weighted by molar-refractivity contribution is 7.98. The molecule has 2 aliphatic rings. The summed E-state index contributed by atoms with van der Waals surface area (Å²) < 4.78 is 0. The number of fused-ring (bicyclic) bond motifs is 2. The van der Waals surface area contributed by atoms with Crippen LogP contribution in [0.1, 0.15) is 25.7 Å². The lowest BCUT2D eigenvalue weighted by atomic mass is 10.0. The van der Waals surface area contributed by atoms with Crippen molar-refractivity contribution in [2.45, 2.75) is 42.7 Å². The van der Waals surface area contributed by atoms with Crippen LogP contribution in [0.4, 0.5) is 5.69 Å². The van der Waals surface area contributed by atoms with E-state index in [1.54, 1.807) is 11.8 Å². The number of carbonyl (C=O) groups excluding carboxylic acids is 1. The van der Waals surface area contributed by atoms with E-state index in [0.717, 1.165) is 12.8 Å². The van der Waals surface area contributed by atoms with Crippen LogP contribution >= 0.6 is 11.8 Å². The zero-order valence-electron chi connectivity index (χ0n) is 10.1. The highest BCUT2D eigenvalue weighted by Gasteiger charge is 2.40. The second-order valence-corrected chi connectivity index (χ2v) is 5.76. The molecule has 2 fully saturated rings. The lowest BCUT2D eigenvalue weighted by Crippen LogP contribution is -2.43. The van der Waals surface area contributed by atoms with Gasteiger partial charge in [-0.2, -0.15) is 0 Å². The molecule has 2 nitrogen and oxygen atoms in total. The number of thioether (sulfide) groups is 1. The summed E-state index contributed by atoms with van der Waals surface area (Å²) in [6.07, 6.45) is 5.98. The Morgan fingerprint density at radius 2 is 1.82 bits per heavy atom. The van der Waals surface area contributed by atoms with E-state index in [4.69, 9.17) is 0 Å². The van der Waals surface area contributed by atoms with E-state index < -0.39 is 0 Å². The van der Waals surface area contributed by atoms with Crippen LogP contribution in [-0.4, -0.2) is 24.1 Å². The molecule has 3 rings (SSSR count). The van der Waals surface area contributed by atoms with Crippen LogP contribution in [0.5, 0.6) is 0 Å². The molecule has 2 heterocycles. The van der Waals surface area contributed by atoms with Crippen molar-refractivity contribution in [3.63, 3.8) is 0 Å². The van der Waals surface area contributed by atoms with Crippen molar-refractivity contribution in [3.05, 3.63) is 24.3 Å². The number of nitrogens with zero attached hydrogens (tertiary/aromatic N) is 1. The van der Waals surface area contributed by atoms with E-state index >= 15 is 0 Å². The van der Waals surface area contributed by atoms with Gasteiger partial charge in [0.2, 0.25) is 0 Å². The summed E-state index contributed by atoms with van der Waals surface area (Å²) in [5.41, 5.74) is 1.33. The van der Waals surface area contributed by atoms with E-state index in [9.17, 15) is 4.79 Å². The standard InChI is InChI=1S/C14H17NOS/c1-17-14-5-3-2-4-13(14)15-10-6-7-11(15)9-12(16)8-10/h2-5,10-11H,6-9H2,1H3. The lowest BCUT2D eigenvalue weighted by molar-refractivity contribution is -0.120. The number of Topliss-reactive ketones (excluding diaryl/α,β-unsaturated/α-hetero) is 1. The average Bonchev–Trinajstić information content (AvgIpc) is 2.61. The topological polar surface area (TPSA) is 20.3 Å². The number of hydrogen-bond donors (Lipinski definition) is 0. The third kappa shape index (κ3) is 1.86. The third-order valence-electron chi connectivity index (χ3n) is 3.91. The molecule has 0 spiro atoms. The number of hydrogen-bond acceptors (Lipinski definition) is 3. The molecule has 2 saturated heterocycles. The quantitative estimate of drug-likeness (QED) is 0.749. The zero-order chi connectivity index (χ0) is 11.8. The summed E-state index contributed by atoms with van der Waals surface area (Å²) >= 11 is 1.80. The first-order valence-corrected chi connectivity index (χ1v) is 7.45. The number of para-hydroxylation sites is 1. The number of rotatable bonds is 2. The van der Waals surface area contributed by atoms with Crippen molar-refractivity contribution < 1.29 is 4.79 Å². The van der Waals surface area contributed by atoms with Gasteiger partial charge in [0.15, 0.2) is 0 Å². The molecular weight excluding hydrogens is 230 g/mol. The molecule has 0 N–H and O–H groups in total. The molecule has 0 amide bonds.